The van der Waals surface area contributed by atoms with Crippen molar-refractivity contribution < 1.29 is 12.9 Å². The molecule has 3 rings (SSSR count). The molecule has 8 heteroatoms. The van der Waals surface area contributed by atoms with Gasteiger partial charge in [-0.2, -0.15) is 4.98 Å². The Bertz CT molecular complexity index is 611. The van der Waals surface area contributed by atoms with Crippen LogP contribution in [0.3, 0.4) is 0 Å². The number of nitrogens with one attached hydrogen (secondary N) is 1. The molecule has 124 valence electrons. The van der Waals surface area contributed by atoms with Gasteiger partial charge in [0, 0.05) is 25.0 Å². The second-order valence-corrected chi connectivity index (χ2v) is 8.34. The molecule has 0 aromatic carbocycles. The van der Waals surface area contributed by atoms with E-state index in [1.54, 1.807) is 0 Å². The molecule has 22 heavy (non-hydrogen) atoms. The lowest BCUT2D eigenvalue weighted by Crippen LogP contribution is -2.39. The Morgan fingerprint density at radius 3 is 2.77 bits per heavy atom. The second-order valence-electron chi connectivity index (χ2n) is 6.56. The summed E-state index contributed by atoms with van der Waals surface area (Å²) in [7, 11) is -3.18. The first kappa shape index (κ1) is 15.9. The minimum Gasteiger partial charge on any atom is -0.338 e. The quantitative estimate of drug-likeness (QED) is 0.806. The SMILES string of the molecule is CCC[C@H]1CN(Cc2nc(C3CC3)no2)C[C@@H]1NS(C)(=O)=O. The van der Waals surface area contributed by atoms with Crippen molar-refractivity contribution in [3.8, 4) is 0 Å². The molecule has 0 unspecified atom stereocenters. The molecule has 2 aliphatic rings. The molecule has 0 spiro atoms. The van der Waals surface area contributed by atoms with Crippen LogP contribution < -0.4 is 4.72 Å². The molecule has 1 aliphatic carbocycles. The van der Waals surface area contributed by atoms with E-state index < -0.39 is 10.0 Å². The van der Waals surface area contributed by atoms with E-state index in [4.69, 9.17) is 4.52 Å². The first-order valence-corrected chi connectivity index (χ1v) is 9.86. The van der Waals surface area contributed by atoms with Crippen LogP contribution in [-0.4, -0.2) is 48.8 Å². The number of likely N-dealkylation sites (tertiary alicyclic amines) is 1. The lowest BCUT2D eigenvalue weighted by atomic mass is 9.99. The monoisotopic (exact) mass is 328 g/mol. The molecule has 1 aromatic rings. The van der Waals surface area contributed by atoms with Crippen molar-refractivity contribution >= 4 is 10.0 Å². The smallest absolute Gasteiger partial charge is 0.240 e. The summed E-state index contributed by atoms with van der Waals surface area (Å²) in [4.78, 5) is 6.65. The summed E-state index contributed by atoms with van der Waals surface area (Å²) in [5.74, 6) is 2.29. The summed E-state index contributed by atoms with van der Waals surface area (Å²) in [6, 6.07) is -0.0271. The Morgan fingerprint density at radius 2 is 2.14 bits per heavy atom. The average Bonchev–Trinajstić information content (AvgIpc) is 3.07. The van der Waals surface area contributed by atoms with Crippen LogP contribution in [0.25, 0.3) is 0 Å². The lowest BCUT2D eigenvalue weighted by Gasteiger charge is -2.17. The maximum atomic E-state index is 11.5. The number of nitrogens with zero attached hydrogens (tertiary/aromatic N) is 3. The summed E-state index contributed by atoms with van der Waals surface area (Å²) in [6.07, 6.45) is 5.59. The molecule has 2 fully saturated rings. The van der Waals surface area contributed by atoms with Gasteiger partial charge in [0.25, 0.3) is 0 Å². The molecule has 1 saturated heterocycles. The fourth-order valence-corrected chi connectivity index (χ4v) is 4.01. The van der Waals surface area contributed by atoms with Crippen LogP contribution in [-0.2, 0) is 16.6 Å². The van der Waals surface area contributed by atoms with Crippen molar-refractivity contribution in [3.05, 3.63) is 11.7 Å². The second kappa shape index (κ2) is 6.25. The normalized spacial score (nSPS) is 26.6. The van der Waals surface area contributed by atoms with Gasteiger partial charge >= 0.3 is 0 Å². The number of hydrogen-bond acceptors (Lipinski definition) is 6. The predicted octanol–water partition coefficient (Wildman–Crippen LogP) is 1.10. The zero-order chi connectivity index (χ0) is 15.7. The van der Waals surface area contributed by atoms with Gasteiger partial charge in [0.1, 0.15) is 0 Å². The maximum absolute atomic E-state index is 11.5. The third kappa shape index (κ3) is 4.05. The summed E-state index contributed by atoms with van der Waals surface area (Å²) in [5.41, 5.74) is 0. The first-order chi connectivity index (χ1) is 10.4. The van der Waals surface area contributed by atoms with Crippen LogP contribution in [0.2, 0.25) is 0 Å². The molecule has 0 radical (unpaired) electrons. The molecule has 0 amide bonds. The van der Waals surface area contributed by atoms with Crippen molar-refractivity contribution in [1.29, 1.82) is 0 Å². The van der Waals surface area contributed by atoms with Gasteiger partial charge in [0.05, 0.1) is 12.8 Å². The highest BCUT2D eigenvalue weighted by atomic mass is 32.2. The van der Waals surface area contributed by atoms with Crippen LogP contribution in [0.5, 0.6) is 0 Å². The van der Waals surface area contributed by atoms with Crippen LogP contribution in [0.4, 0.5) is 0 Å². The Balaban J connectivity index is 1.61. The van der Waals surface area contributed by atoms with Crippen molar-refractivity contribution in [2.45, 2.75) is 51.1 Å². The van der Waals surface area contributed by atoms with Gasteiger partial charge in [0.15, 0.2) is 5.82 Å². The number of hydrogen-bond donors (Lipinski definition) is 1. The highest BCUT2D eigenvalue weighted by Crippen LogP contribution is 2.38. The number of rotatable bonds is 7. The summed E-state index contributed by atoms with van der Waals surface area (Å²) >= 11 is 0. The van der Waals surface area contributed by atoms with Crippen LogP contribution >= 0.6 is 0 Å². The van der Waals surface area contributed by atoms with E-state index in [2.05, 4.69) is 26.7 Å². The molecular weight excluding hydrogens is 304 g/mol. The highest BCUT2D eigenvalue weighted by Gasteiger charge is 2.35. The van der Waals surface area contributed by atoms with Crippen molar-refractivity contribution in [2.75, 3.05) is 19.3 Å². The van der Waals surface area contributed by atoms with E-state index in [0.717, 1.165) is 38.1 Å². The maximum Gasteiger partial charge on any atom is 0.240 e. The van der Waals surface area contributed by atoms with Gasteiger partial charge in [-0.05, 0) is 25.2 Å². The van der Waals surface area contributed by atoms with Crippen LogP contribution in [0.1, 0.15) is 50.2 Å². The van der Waals surface area contributed by atoms with Crippen molar-refractivity contribution in [3.63, 3.8) is 0 Å². The summed E-state index contributed by atoms with van der Waals surface area (Å²) < 4.78 is 31.1. The van der Waals surface area contributed by atoms with Gasteiger partial charge in [-0.3, -0.25) is 4.90 Å². The van der Waals surface area contributed by atoms with Gasteiger partial charge in [-0.25, -0.2) is 13.1 Å². The number of aromatic nitrogens is 2. The van der Waals surface area contributed by atoms with Crippen molar-refractivity contribution in [2.24, 2.45) is 5.92 Å². The zero-order valence-electron chi connectivity index (χ0n) is 13.2. The van der Waals surface area contributed by atoms with E-state index >= 15 is 0 Å². The molecule has 7 nitrogen and oxygen atoms in total. The van der Waals surface area contributed by atoms with Crippen LogP contribution in [0.15, 0.2) is 4.52 Å². The molecule has 1 N–H and O–H groups in total. The fourth-order valence-electron chi connectivity index (χ4n) is 3.19. The predicted molar refractivity (Wildman–Crippen MR) is 81.7 cm³/mol. The van der Waals surface area contributed by atoms with E-state index in [1.807, 2.05) is 0 Å². The molecule has 2 atom stereocenters. The molecular formula is C14H24N4O3S. The van der Waals surface area contributed by atoms with Crippen molar-refractivity contribution in [1.82, 2.24) is 19.8 Å². The summed E-state index contributed by atoms with van der Waals surface area (Å²) in [5, 5.41) is 4.03. The third-order valence-electron chi connectivity index (χ3n) is 4.33. The Labute approximate surface area is 131 Å². The fraction of sp³-hybridized carbons (Fsp3) is 0.857. The average molecular weight is 328 g/mol. The van der Waals surface area contributed by atoms with Gasteiger partial charge < -0.3 is 4.52 Å². The molecule has 2 heterocycles. The molecule has 1 saturated carbocycles. The van der Waals surface area contributed by atoms with E-state index in [9.17, 15) is 8.42 Å². The zero-order valence-corrected chi connectivity index (χ0v) is 14.0. The third-order valence-corrected chi connectivity index (χ3v) is 5.06. The lowest BCUT2D eigenvalue weighted by molar-refractivity contribution is 0.257. The standard InChI is InChI=1S/C14H24N4O3S/c1-3-4-11-7-18(8-12(11)17-22(2,19)20)9-13-15-14(16-21-13)10-5-6-10/h10-12,17H,3-9H2,1-2H3/t11-,12-/m0/s1. The Morgan fingerprint density at radius 1 is 1.36 bits per heavy atom. The van der Waals surface area contributed by atoms with E-state index in [0.29, 0.717) is 30.8 Å². The van der Waals surface area contributed by atoms with Gasteiger partial charge in [0.2, 0.25) is 15.9 Å². The van der Waals surface area contributed by atoms with Gasteiger partial charge in [-0.15, -0.1) is 0 Å². The number of sulfonamides is 1. The first-order valence-electron chi connectivity index (χ1n) is 7.96. The molecule has 1 aliphatic heterocycles. The largest absolute Gasteiger partial charge is 0.338 e. The van der Waals surface area contributed by atoms with E-state index in [-0.39, 0.29) is 6.04 Å². The van der Waals surface area contributed by atoms with Gasteiger partial charge in [-0.1, -0.05) is 18.5 Å². The topological polar surface area (TPSA) is 88.3 Å². The molecule has 0 bridgehead atoms. The minimum atomic E-state index is -3.18. The van der Waals surface area contributed by atoms with E-state index in [1.165, 1.54) is 6.26 Å². The Hall–Kier alpha value is -0.990. The van der Waals surface area contributed by atoms with Crippen LogP contribution in [0, 0.1) is 5.92 Å². The molecule has 1 aromatic heterocycles. The minimum absolute atomic E-state index is 0.0271. The highest BCUT2D eigenvalue weighted by molar-refractivity contribution is 7.88. The summed E-state index contributed by atoms with van der Waals surface area (Å²) in [6.45, 7) is 4.28. The Kier molecular flexibility index (Phi) is 4.52.